The fourth-order valence-corrected chi connectivity index (χ4v) is 5.19. The molecule has 2 aromatic rings. The van der Waals surface area contributed by atoms with Crippen molar-refractivity contribution < 1.29 is 8.78 Å². The number of halogens is 2. The molecule has 2 saturated carbocycles. The first-order chi connectivity index (χ1) is 11.7. The Labute approximate surface area is 143 Å². The second-order valence-electron chi connectivity index (χ2n) is 7.96. The summed E-state index contributed by atoms with van der Waals surface area (Å²) in [5.74, 6) is 1.72. The van der Waals surface area contributed by atoms with Crippen molar-refractivity contribution in [1.29, 1.82) is 0 Å². The normalized spacial score (nSPS) is 30.3. The number of rotatable bonds is 2. The van der Waals surface area contributed by atoms with Crippen molar-refractivity contribution in [2.75, 3.05) is 0 Å². The minimum absolute atomic E-state index is 0.435. The second-order valence-corrected chi connectivity index (χ2v) is 7.96. The van der Waals surface area contributed by atoms with Crippen LogP contribution in [0.3, 0.4) is 0 Å². The molecule has 0 bridgehead atoms. The average Bonchev–Trinajstić information content (AvgIpc) is 2.63. The SMILES string of the molecule is CCC1CCC2CC(c3ccc4ccc(F)c(F)c4c3)CCC2C1. The summed E-state index contributed by atoms with van der Waals surface area (Å²) in [6, 6.07) is 8.86. The van der Waals surface area contributed by atoms with Gasteiger partial charge in [-0.25, -0.2) is 8.78 Å². The lowest BCUT2D eigenvalue weighted by Crippen LogP contribution is -2.30. The van der Waals surface area contributed by atoms with Gasteiger partial charge in [0.25, 0.3) is 0 Å². The Bertz CT molecular complexity index is 736. The third kappa shape index (κ3) is 2.85. The molecule has 2 heteroatoms. The molecule has 0 spiro atoms. The van der Waals surface area contributed by atoms with Crippen LogP contribution in [0.4, 0.5) is 8.78 Å². The van der Waals surface area contributed by atoms with Gasteiger partial charge >= 0.3 is 0 Å². The molecule has 0 amide bonds. The minimum Gasteiger partial charge on any atom is -0.204 e. The van der Waals surface area contributed by atoms with Gasteiger partial charge in [-0.05, 0) is 78.9 Å². The van der Waals surface area contributed by atoms with Crippen molar-refractivity contribution in [2.45, 2.75) is 57.8 Å². The summed E-state index contributed by atoms with van der Waals surface area (Å²) >= 11 is 0. The van der Waals surface area contributed by atoms with Gasteiger partial charge < -0.3 is 0 Å². The molecule has 4 atom stereocenters. The highest BCUT2D eigenvalue weighted by atomic mass is 19.2. The van der Waals surface area contributed by atoms with Crippen LogP contribution in [0.5, 0.6) is 0 Å². The molecule has 0 aliphatic heterocycles. The quantitative estimate of drug-likeness (QED) is 0.567. The molecule has 24 heavy (non-hydrogen) atoms. The Morgan fingerprint density at radius 1 is 0.917 bits per heavy atom. The van der Waals surface area contributed by atoms with Crippen LogP contribution in [0.2, 0.25) is 0 Å². The Morgan fingerprint density at radius 3 is 2.50 bits per heavy atom. The van der Waals surface area contributed by atoms with Crippen molar-refractivity contribution >= 4 is 10.8 Å². The van der Waals surface area contributed by atoms with E-state index in [0.29, 0.717) is 11.3 Å². The van der Waals surface area contributed by atoms with Gasteiger partial charge in [-0.15, -0.1) is 0 Å². The van der Waals surface area contributed by atoms with Crippen LogP contribution in [-0.4, -0.2) is 0 Å². The van der Waals surface area contributed by atoms with Crippen LogP contribution in [0, 0.1) is 29.4 Å². The van der Waals surface area contributed by atoms with Crippen molar-refractivity contribution in [3.8, 4) is 0 Å². The van der Waals surface area contributed by atoms with Gasteiger partial charge in [-0.3, -0.25) is 0 Å². The summed E-state index contributed by atoms with van der Waals surface area (Å²) < 4.78 is 27.7. The van der Waals surface area contributed by atoms with E-state index >= 15 is 0 Å². The Morgan fingerprint density at radius 2 is 1.67 bits per heavy atom. The molecule has 4 unspecified atom stereocenters. The fraction of sp³-hybridized carbons (Fsp3) is 0.545. The molecule has 0 saturated heterocycles. The summed E-state index contributed by atoms with van der Waals surface area (Å²) in [5, 5.41) is 1.22. The van der Waals surface area contributed by atoms with E-state index in [-0.39, 0.29) is 0 Å². The van der Waals surface area contributed by atoms with Crippen LogP contribution in [0.15, 0.2) is 30.3 Å². The van der Waals surface area contributed by atoms with Gasteiger partial charge in [0.15, 0.2) is 11.6 Å². The first kappa shape index (κ1) is 16.1. The van der Waals surface area contributed by atoms with E-state index in [1.54, 1.807) is 6.07 Å². The maximum Gasteiger partial charge on any atom is 0.166 e. The van der Waals surface area contributed by atoms with Crippen LogP contribution < -0.4 is 0 Å². The van der Waals surface area contributed by atoms with E-state index in [1.165, 1.54) is 56.6 Å². The van der Waals surface area contributed by atoms with Crippen molar-refractivity contribution in [3.63, 3.8) is 0 Å². The highest BCUT2D eigenvalue weighted by Gasteiger charge is 2.35. The van der Waals surface area contributed by atoms with Crippen LogP contribution in [0.25, 0.3) is 10.8 Å². The summed E-state index contributed by atoms with van der Waals surface area (Å²) in [4.78, 5) is 0. The van der Waals surface area contributed by atoms with E-state index < -0.39 is 11.6 Å². The summed E-state index contributed by atoms with van der Waals surface area (Å²) in [6.07, 6.45) is 9.19. The molecule has 0 radical (unpaired) electrons. The van der Waals surface area contributed by atoms with E-state index in [0.717, 1.165) is 23.1 Å². The Kier molecular flexibility index (Phi) is 4.32. The lowest BCUT2D eigenvalue weighted by Gasteiger charge is -2.42. The number of hydrogen-bond acceptors (Lipinski definition) is 0. The maximum atomic E-state index is 14.1. The number of benzene rings is 2. The monoisotopic (exact) mass is 328 g/mol. The van der Waals surface area contributed by atoms with Crippen LogP contribution in [-0.2, 0) is 0 Å². The zero-order chi connectivity index (χ0) is 16.7. The maximum absolute atomic E-state index is 14.1. The lowest BCUT2D eigenvalue weighted by molar-refractivity contribution is 0.116. The average molecular weight is 328 g/mol. The van der Waals surface area contributed by atoms with Crippen molar-refractivity contribution in [1.82, 2.24) is 0 Å². The topological polar surface area (TPSA) is 0 Å². The van der Waals surface area contributed by atoms with Crippen LogP contribution >= 0.6 is 0 Å². The Hall–Kier alpha value is -1.44. The van der Waals surface area contributed by atoms with E-state index in [9.17, 15) is 8.78 Å². The molecular weight excluding hydrogens is 302 g/mol. The predicted molar refractivity (Wildman–Crippen MR) is 95.1 cm³/mol. The molecule has 2 aromatic carbocycles. The van der Waals surface area contributed by atoms with Crippen LogP contribution in [0.1, 0.15) is 63.4 Å². The largest absolute Gasteiger partial charge is 0.204 e. The third-order valence-corrected chi connectivity index (χ3v) is 6.70. The minimum atomic E-state index is -0.749. The van der Waals surface area contributed by atoms with E-state index in [4.69, 9.17) is 0 Å². The second kappa shape index (κ2) is 6.46. The predicted octanol–water partition coefficient (Wildman–Crippen LogP) is 6.83. The van der Waals surface area contributed by atoms with E-state index in [2.05, 4.69) is 13.0 Å². The molecule has 0 nitrogen and oxygen atoms in total. The standard InChI is InChI=1S/C22H26F2/c1-2-14-3-4-17-12-18(8-7-16(17)11-14)19-6-5-15-9-10-21(23)22(24)20(15)13-19/h5-6,9-10,13-14,16-18H,2-4,7-8,11-12H2,1H3. The summed E-state index contributed by atoms with van der Waals surface area (Å²) in [7, 11) is 0. The molecule has 128 valence electrons. The lowest BCUT2D eigenvalue weighted by atomic mass is 9.63. The molecule has 0 aromatic heterocycles. The van der Waals surface area contributed by atoms with Gasteiger partial charge in [0.05, 0.1) is 0 Å². The highest BCUT2D eigenvalue weighted by Crippen LogP contribution is 2.48. The molecule has 0 heterocycles. The smallest absolute Gasteiger partial charge is 0.166 e. The molecule has 4 rings (SSSR count). The summed E-state index contributed by atoms with van der Waals surface area (Å²) in [6.45, 7) is 2.32. The zero-order valence-corrected chi connectivity index (χ0v) is 14.4. The van der Waals surface area contributed by atoms with Crippen molar-refractivity contribution in [3.05, 3.63) is 47.5 Å². The van der Waals surface area contributed by atoms with Gasteiger partial charge in [0, 0.05) is 5.39 Å². The molecular formula is C22H26F2. The Balaban J connectivity index is 1.57. The molecule has 2 aliphatic rings. The first-order valence-electron chi connectivity index (χ1n) is 9.53. The summed E-state index contributed by atoms with van der Waals surface area (Å²) in [5.41, 5.74) is 1.20. The first-order valence-corrected chi connectivity index (χ1v) is 9.53. The van der Waals surface area contributed by atoms with E-state index in [1.807, 2.05) is 12.1 Å². The molecule has 2 aliphatic carbocycles. The molecule has 2 fully saturated rings. The van der Waals surface area contributed by atoms with Gasteiger partial charge in [-0.1, -0.05) is 38.0 Å². The molecule has 0 N–H and O–H groups in total. The van der Waals surface area contributed by atoms with Gasteiger partial charge in [0.1, 0.15) is 0 Å². The number of hydrogen-bond donors (Lipinski definition) is 0. The third-order valence-electron chi connectivity index (χ3n) is 6.70. The zero-order valence-electron chi connectivity index (χ0n) is 14.4. The van der Waals surface area contributed by atoms with Crippen molar-refractivity contribution in [2.24, 2.45) is 17.8 Å². The van der Waals surface area contributed by atoms with Gasteiger partial charge in [0.2, 0.25) is 0 Å². The number of fused-ring (bicyclic) bond motifs is 2. The fourth-order valence-electron chi connectivity index (χ4n) is 5.19. The van der Waals surface area contributed by atoms with Gasteiger partial charge in [-0.2, -0.15) is 0 Å². The highest BCUT2D eigenvalue weighted by molar-refractivity contribution is 5.84.